The average Bonchev–Trinajstić information content (AvgIpc) is 3.05. The molecule has 0 spiro atoms. The third-order valence-corrected chi connectivity index (χ3v) is 3.80. The topological polar surface area (TPSA) is 64.7 Å². The zero-order valence-electron chi connectivity index (χ0n) is 13.0. The highest BCUT2D eigenvalue weighted by molar-refractivity contribution is 6.31. The molecule has 6 nitrogen and oxygen atoms in total. The first-order valence-electron chi connectivity index (χ1n) is 7.25. The van der Waals surface area contributed by atoms with Gasteiger partial charge in [-0.05, 0) is 26.8 Å². The number of hydrogen-bond acceptors (Lipinski definition) is 3. The number of carbonyl (C=O) groups is 1. The van der Waals surface area contributed by atoms with Crippen LogP contribution < -0.4 is 5.32 Å². The lowest BCUT2D eigenvalue weighted by Crippen LogP contribution is -2.22. The van der Waals surface area contributed by atoms with Crippen molar-refractivity contribution in [1.29, 1.82) is 0 Å². The van der Waals surface area contributed by atoms with Crippen LogP contribution in [-0.2, 0) is 24.4 Å². The van der Waals surface area contributed by atoms with E-state index in [4.69, 9.17) is 11.6 Å². The van der Waals surface area contributed by atoms with Gasteiger partial charge in [-0.1, -0.05) is 11.6 Å². The fourth-order valence-corrected chi connectivity index (χ4v) is 2.38. The van der Waals surface area contributed by atoms with Crippen LogP contribution in [0.3, 0.4) is 0 Å². The minimum atomic E-state index is -0.177. The van der Waals surface area contributed by atoms with E-state index in [1.165, 1.54) is 6.08 Å². The van der Waals surface area contributed by atoms with E-state index in [2.05, 4.69) is 15.5 Å². The highest BCUT2D eigenvalue weighted by Gasteiger charge is 2.08. The van der Waals surface area contributed by atoms with Crippen LogP contribution in [0.5, 0.6) is 0 Å². The van der Waals surface area contributed by atoms with Crippen LogP contribution in [-0.4, -0.2) is 25.5 Å². The Bertz CT molecular complexity index is 686. The first-order valence-corrected chi connectivity index (χ1v) is 7.63. The van der Waals surface area contributed by atoms with Crippen LogP contribution in [0.4, 0.5) is 0 Å². The molecule has 0 fully saturated rings. The van der Waals surface area contributed by atoms with E-state index < -0.39 is 0 Å². The van der Waals surface area contributed by atoms with Gasteiger partial charge in [-0.2, -0.15) is 10.2 Å². The van der Waals surface area contributed by atoms with Gasteiger partial charge < -0.3 is 5.32 Å². The molecule has 2 aromatic heterocycles. The van der Waals surface area contributed by atoms with E-state index in [1.54, 1.807) is 23.2 Å². The predicted molar refractivity (Wildman–Crippen MR) is 86.4 cm³/mol. The van der Waals surface area contributed by atoms with E-state index in [-0.39, 0.29) is 5.91 Å². The van der Waals surface area contributed by atoms with Crippen molar-refractivity contribution in [1.82, 2.24) is 24.9 Å². The summed E-state index contributed by atoms with van der Waals surface area (Å²) in [4.78, 5) is 11.9. The molecule has 0 aliphatic heterocycles. The Morgan fingerprint density at radius 1 is 1.27 bits per heavy atom. The molecule has 118 valence electrons. The molecule has 0 radical (unpaired) electrons. The molecular formula is C15H20ClN5O. The van der Waals surface area contributed by atoms with Crippen molar-refractivity contribution in [3.05, 3.63) is 40.4 Å². The number of nitrogens with one attached hydrogen (secondary N) is 1. The predicted octanol–water partition coefficient (Wildman–Crippen LogP) is 2.41. The molecule has 0 saturated carbocycles. The lowest BCUT2D eigenvalue weighted by molar-refractivity contribution is -0.116. The zero-order valence-corrected chi connectivity index (χ0v) is 13.8. The van der Waals surface area contributed by atoms with Crippen molar-refractivity contribution >= 4 is 23.6 Å². The van der Waals surface area contributed by atoms with Gasteiger partial charge in [0.1, 0.15) is 0 Å². The summed E-state index contributed by atoms with van der Waals surface area (Å²) in [5.74, 6) is -0.177. The van der Waals surface area contributed by atoms with E-state index in [9.17, 15) is 4.79 Å². The number of hydrogen-bond donors (Lipinski definition) is 1. The van der Waals surface area contributed by atoms with Gasteiger partial charge in [0, 0.05) is 30.4 Å². The monoisotopic (exact) mass is 321 g/mol. The fourth-order valence-electron chi connectivity index (χ4n) is 2.17. The molecule has 0 atom stereocenters. The summed E-state index contributed by atoms with van der Waals surface area (Å²) in [5.41, 5.74) is 2.79. The van der Waals surface area contributed by atoms with Crippen LogP contribution in [0.25, 0.3) is 6.08 Å². The van der Waals surface area contributed by atoms with Gasteiger partial charge in [0.05, 0.1) is 29.7 Å². The molecule has 0 bridgehead atoms. The molecule has 7 heteroatoms. The molecule has 2 aromatic rings. The number of nitrogens with zero attached hydrogens (tertiary/aromatic N) is 4. The summed E-state index contributed by atoms with van der Waals surface area (Å²) in [6.45, 7) is 7.86. The van der Waals surface area contributed by atoms with Crippen molar-refractivity contribution < 1.29 is 4.79 Å². The Hall–Kier alpha value is -2.08. The SMILES string of the molecule is CCn1ncc(/C=C/C(=O)NCc2c(Cl)cnn2CC)c1C. The lowest BCUT2D eigenvalue weighted by Gasteiger charge is -2.06. The maximum absolute atomic E-state index is 11.9. The van der Waals surface area contributed by atoms with Gasteiger partial charge in [0.2, 0.25) is 5.91 Å². The minimum Gasteiger partial charge on any atom is -0.347 e. The van der Waals surface area contributed by atoms with Gasteiger partial charge in [-0.3, -0.25) is 14.2 Å². The van der Waals surface area contributed by atoms with Gasteiger partial charge in [-0.15, -0.1) is 0 Å². The second-order valence-electron chi connectivity index (χ2n) is 4.81. The maximum atomic E-state index is 11.9. The van der Waals surface area contributed by atoms with E-state index in [0.29, 0.717) is 18.1 Å². The number of halogens is 1. The van der Waals surface area contributed by atoms with Gasteiger partial charge in [-0.25, -0.2) is 0 Å². The van der Waals surface area contributed by atoms with E-state index in [1.807, 2.05) is 25.5 Å². The third-order valence-electron chi connectivity index (χ3n) is 3.48. The molecule has 22 heavy (non-hydrogen) atoms. The summed E-state index contributed by atoms with van der Waals surface area (Å²) in [5, 5.41) is 11.7. The van der Waals surface area contributed by atoms with E-state index >= 15 is 0 Å². The Kier molecular flexibility index (Phi) is 5.38. The highest BCUT2D eigenvalue weighted by atomic mass is 35.5. The number of carbonyl (C=O) groups excluding carboxylic acids is 1. The number of aromatic nitrogens is 4. The second kappa shape index (κ2) is 7.26. The lowest BCUT2D eigenvalue weighted by atomic mass is 10.2. The van der Waals surface area contributed by atoms with Crippen LogP contribution in [0, 0.1) is 6.92 Å². The smallest absolute Gasteiger partial charge is 0.244 e. The quantitative estimate of drug-likeness (QED) is 0.831. The Labute approximate surface area is 134 Å². The van der Waals surface area contributed by atoms with Crippen molar-refractivity contribution in [2.75, 3.05) is 0 Å². The summed E-state index contributed by atoms with van der Waals surface area (Å²) in [7, 11) is 0. The number of aryl methyl sites for hydroxylation is 2. The van der Waals surface area contributed by atoms with Crippen molar-refractivity contribution in [3.63, 3.8) is 0 Å². The second-order valence-corrected chi connectivity index (χ2v) is 5.21. The minimum absolute atomic E-state index is 0.177. The standard InChI is InChI=1S/C15H20ClN5O/c1-4-20-11(3)12(8-18-20)6-7-15(22)17-10-14-13(16)9-19-21(14)5-2/h6-9H,4-5,10H2,1-3H3,(H,17,22)/b7-6+. The zero-order chi connectivity index (χ0) is 16.1. The average molecular weight is 322 g/mol. The first kappa shape index (κ1) is 16.3. The number of amides is 1. The van der Waals surface area contributed by atoms with E-state index in [0.717, 1.165) is 23.5 Å². The fraction of sp³-hybridized carbons (Fsp3) is 0.400. The summed E-state index contributed by atoms with van der Waals surface area (Å²) in [6.07, 6.45) is 6.61. The van der Waals surface area contributed by atoms with Crippen molar-refractivity contribution in [2.45, 2.75) is 40.4 Å². The molecule has 1 amide bonds. The maximum Gasteiger partial charge on any atom is 0.244 e. The summed E-state index contributed by atoms with van der Waals surface area (Å²) < 4.78 is 3.65. The van der Waals surface area contributed by atoms with Crippen LogP contribution in [0.1, 0.15) is 30.8 Å². The molecule has 1 N–H and O–H groups in total. The van der Waals surface area contributed by atoms with Crippen LogP contribution in [0.15, 0.2) is 18.5 Å². The molecule has 0 unspecified atom stereocenters. The Morgan fingerprint density at radius 2 is 1.95 bits per heavy atom. The van der Waals surface area contributed by atoms with Gasteiger partial charge in [0.25, 0.3) is 0 Å². The summed E-state index contributed by atoms with van der Waals surface area (Å²) in [6, 6.07) is 0. The molecular weight excluding hydrogens is 302 g/mol. The molecule has 0 aliphatic rings. The molecule has 0 saturated heterocycles. The first-order chi connectivity index (χ1) is 10.6. The largest absolute Gasteiger partial charge is 0.347 e. The molecule has 2 rings (SSSR count). The Balaban J connectivity index is 1.96. The summed E-state index contributed by atoms with van der Waals surface area (Å²) >= 11 is 6.06. The molecule has 2 heterocycles. The van der Waals surface area contributed by atoms with Crippen molar-refractivity contribution in [2.24, 2.45) is 0 Å². The normalized spacial score (nSPS) is 11.3. The molecule has 0 aromatic carbocycles. The Morgan fingerprint density at radius 3 is 2.59 bits per heavy atom. The number of rotatable bonds is 6. The van der Waals surface area contributed by atoms with Gasteiger partial charge >= 0.3 is 0 Å². The van der Waals surface area contributed by atoms with Crippen molar-refractivity contribution in [3.8, 4) is 0 Å². The third kappa shape index (κ3) is 3.57. The highest BCUT2D eigenvalue weighted by Crippen LogP contribution is 2.14. The van der Waals surface area contributed by atoms with Crippen LogP contribution >= 0.6 is 11.6 Å². The molecule has 0 aliphatic carbocycles. The van der Waals surface area contributed by atoms with Crippen LogP contribution in [0.2, 0.25) is 5.02 Å². The van der Waals surface area contributed by atoms with Gasteiger partial charge in [0.15, 0.2) is 0 Å².